The number of carbonyl (C=O) groups excluding carboxylic acids is 2. The van der Waals surface area contributed by atoms with Gasteiger partial charge in [0.25, 0.3) is 0 Å². The quantitative estimate of drug-likeness (QED) is 0.813. The molecule has 2 aliphatic heterocycles. The van der Waals surface area contributed by atoms with Gasteiger partial charge in [0.05, 0.1) is 12.5 Å². The number of hydrogen-bond donors (Lipinski definition) is 2. The number of primary amides is 1. The van der Waals surface area contributed by atoms with E-state index in [1.54, 1.807) is 0 Å². The molecule has 3 amide bonds. The van der Waals surface area contributed by atoms with Gasteiger partial charge in [0.15, 0.2) is 0 Å². The van der Waals surface area contributed by atoms with Crippen LogP contribution in [0.4, 0.5) is 4.79 Å². The zero-order valence-corrected chi connectivity index (χ0v) is 16.8. The van der Waals surface area contributed by atoms with E-state index < -0.39 is 6.03 Å². The van der Waals surface area contributed by atoms with Crippen LogP contribution in [0, 0.1) is 11.8 Å². The minimum absolute atomic E-state index is 0.0796. The van der Waals surface area contributed by atoms with E-state index >= 15 is 0 Å². The number of hydrogen-bond acceptors (Lipinski definition) is 4. The molecule has 2 fully saturated rings. The summed E-state index contributed by atoms with van der Waals surface area (Å²) in [6.07, 6.45) is 0.245. The van der Waals surface area contributed by atoms with Gasteiger partial charge in [-0.1, -0.05) is 36.4 Å². The molecule has 1 aromatic carbocycles. The SMILES string of the molecule is CN1CC2CN(C(=O)CC(NC(N)=O)c3cccs3)CC2C1c1ccccc1. The van der Waals surface area contributed by atoms with Crippen molar-refractivity contribution >= 4 is 23.3 Å². The minimum Gasteiger partial charge on any atom is -0.352 e. The highest BCUT2D eigenvalue weighted by Gasteiger charge is 2.47. The molecule has 6 nitrogen and oxygen atoms in total. The molecule has 3 heterocycles. The molecular formula is C21H26N4O2S. The van der Waals surface area contributed by atoms with E-state index in [9.17, 15) is 9.59 Å². The first-order chi connectivity index (χ1) is 13.5. The molecule has 4 atom stereocenters. The third-order valence-electron chi connectivity index (χ3n) is 5.97. The smallest absolute Gasteiger partial charge is 0.312 e. The van der Waals surface area contributed by atoms with Crippen LogP contribution in [-0.4, -0.2) is 48.4 Å². The lowest BCUT2D eigenvalue weighted by Crippen LogP contribution is -2.38. The van der Waals surface area contributed by atoms with Gasteiger partial charge in [-0.05, 0) is 30.0 Å². The molecule has 2 saturated heterocycles. The number of benzene rings is 1. The fraction of sp³-hybridized carbons (Fsp3) is 0.429. The first-order valence-corrected chi connectivity index (χ1v) is 10.5. The number of rotatable bonds is 5. The van der Waals surface area contributed by atoms with Crippen molar-refractivity contribution in [2.45, 2.75) is 18.5 Å². The molecule has 1 aromatic heterocycles. The zero-order valence-electron chi connectivity index (χ0n) is 16.0. The van der Waals surface area contributed by atoms with Crippen LogP contribution in [0.5, 0.6) is 0 Å². The van der Waals surface area contributed by atoms with Crippen LogP contribution < -0.4 is 11.1 Å². The van der Waals surface area contributed by atoms with Crippen LogP contribution in [0.1, 0.15) is 28.9 Å². The monoisotopic (exact) mass is 398 g/mol. The first kappa shape index (κ1) is 19.0. The molecule has 3 N–H and O–H groups in total. The lowest BCUT2D eigenvalue weighted by Gasteiger charge is -2.27. The maximum atomic E-state index is 13.0. The van der Waals surface area contributed by atoms with Crippen LogP contribution in [0.15, 0.2) is 47.8 Å². The van der Waals surface area contributed by atoms with Gasteiger partial charge < -0.3 is 16.0 Å². The Hall–Kier alpha value is -2.38. The van der Waals surface area contributed by atoms with Gasteiger partial charge in [-0.15, -0.1) is 11.3 Å². The Balaban J connectivity index is 1.45. The molecule has 4 rings (SSSR count). The standard InChI is InChI=1S/C21H26N4O2S/c1-24-11-15-12-25(13-16(15)20(24)14-6-3-2-4-7-14)19(26)10-17(23-21(22)27)18-8-5-9-28-18/h2-9,15-17,20H,10-13H2,1H3,(H3,22,23,27). The Kier molecular flexibility index (Phi) is 5.37. The highest BCUT2D eigenvalue weighted by molar-refractivity contribution is 7.10. The number of likely N-dealkylation sites (tertiary alicyclic amines) is 2. The number of urea groups is 1. The number of nitrogens with two attached hydrogens (primary N) is 1. The molecule has 0 spiro atoms. The van der Waals surface area contributed by atoms with Crippen LogP contribution in [-0.2, 0) is 4.79 Å². The highest BCUT2D eigenvalue weighted by atomic mass is 32.1. The Morgan fingerprint density at radius 1 is 1.18 bits per heavy atom. The summed E-state index contributed by atoms with van der Waals surface area (Å²) < 4.78 is 0. The van der Waals surface area contributed by atoms with Crippen LogP contribution in [0.25, 0.3) is 0 Å². The molecule has 0 saturated carbocycles. The summed E-state index contributed by atoms with van der Waals surface area (Å²) in [7, 11) is 2.17. The predicted molar refractivity (Wildman–Crippen MR) is 110 cm³/mol. The molecule has 0 aliphatic carbocycles. The van der Waals surface area contributed by atoms with Crippen LogP contribution >= 0.6 is 11.3 Å². The summed E-state index contributed by atoms with van der Waals surface area (Å²) in [4.78, 5) is 29.7. The topological polar surface area (TPSA) is 78.7 Å². The zero-order chi connectivity index (χ0) is 19.7. The van der Waals surface area contributed by atoms with Crippen molar-refractivity contribution in [3.63, 3.8) is 0 Å². The molecule has 4 unspecified atom stereocenters. The molecule has 7 heteroatoms. The number of nitrogens with one attached hydrogen (secondary N) is 1. The van der Waals surface area contributed by atoms with Crippen molar-refractivity contribution in [1.29, 1.82) is 0 Å². The highest BCUT2D eigenvalue weighted by Crippen LogP contribution is 2.44. The van der Waals surface area contributed by atoms with E-state index in [0.29, 0.717) is 17.9 Å². The third kappa shape index (κ3) is 3.77. The lowest BCUT2D eigenvalue weighted by molar-refractivity contribution is -0.131. The van der Waals surface area contributed by atoms with E-state index in [1.165, 1.54) is 16.9 Å². The molecule has 0 radical (unpaired) electrons. The predicted octanol–water partition coefficient (Wildman–Crippen LogP) is 2.61. The summed E-state index contributed by atoms with van der Waals surface area (Å²) in [5.74, 6) is 1.01. The Morgan fingerprint density at radius 3 is 2.64 bits per heavy atom. The van der Waals surface area contributed by atoms with E-state index in [-0.39, 0.29) is 18.4 Å². The van der Waals surface area contributed by atoms with Crippen molar-refractivity contribution in [1.82, 2.24) is 15.1 Å². The summed E-state index contributed by atoms with van der Waals surface area (Å²) in [5.41, 5.74) is 6.64. The molecule has 28 heavy (non-hydrogen) atoms. The van der Waals surface area contributed by atoms with Crippen molar-refractivity contribution < 1.29 is 9.59 Å². The first-order valence-electron chi connectivity index (χ1n) is 9.65. The minimum atomic E-state index is -0.602. The van der Waals surface area contributed by atoms with Crippen molar-refractivity contribution in [2.75, 3.05) is 26.7 Å². The lowest BCUT2D eigenvalue weighted by atomic mass is 9.90. The Labute approximate surface area is 169 Å². The van der Waals surface area contributed by atoms with Crippen molar-refractivity contribution in [2.24, 2.45) is 17.6 Å². The third-order valence-corrected chi connectivity index (χ3v) is 6.96. The van der Waals surface area contributed by atoms with Crippen LogP contribution in [0.3, 0.4) is 0 Å². The second kappa shape index (κ2) is 7.93. The molecule has 0 bridgehead atoms. The van der Waals surface area contributed by atoms with Crippen molar-refractivity contribution in [3.8, 4) is 0 Å². The molecule has 148 valence electrons. The number of thiophene rings is 1. The fourth-order valence-electron chi connectivity index (χ4n) is 4.80. The van der Waals surface area contributed by atoms with E-state index in [2.05, 4.69) is 41.5 Å². The summed E-state index contributed by atoms with van der Waals surface area (Å²) in [6.45, 7) is 2.55. The number of amides is 3. The van der Waals surface area contributed by atoms with E-state index in [4.69, 9.17) is 5.73 Å². The van der Waals surface area contributed by atoms with E-state index in [0.717, 1.165) is 24.5 Å². The average molecular weight is 399 g/mol. The number of carbonyl (C=O) groups is 2. The van der Waals surface area contributed by atoms with Gasteiger partial charge in [-0.2, -0.15) is 0 Å². The van der Waals surface area contributed by atoms with Gasteiger partial charge in [-0.25, -0.2) is 4.79 Å². The summed E-state index contributed by atoms with van der Waals surface area (Å²) in [5, 5.41) is 4.66. The largest absolute Gasteiger partial charge is 0.352 e. The second-order valence-corrected chi connectivity index (χ2v) is 8.78. The van der Waals surface area contributed by atoms with Crippen LogP contribution in [0.2, 0.25) is 0 Å². The Morgan fingerprint density at radius 2 is 1.96 bits per heavy atom. The van der Waals surface area contributed by atoms with Gasteiger partial charge in [0, 0.05) is 36.5 Å². The molecular weight excluding hydrogens is 372 g/mol. The van der Waals surface area contributed by atoms with Crippen molar-refractivity contribution in [3.05, 3.63) is 58.3 Å². The van der Waals surface area contributed by atoms with Gasteiger partial charge >= 0.3 is 6.03 Å². The Bertz CT molecular complexity index is 826. The maximum absolute atomic E-state index is 13.0. The van der Waals surface area contributed by atoms with Gasteiger partial charge in [-0.3, -0.25) is 9.69 Å². The number of nitrogens with zero attached hydrogens (tertiary/aromatic N) is 2. The molecule has 2 aromatic rings. The fourth-order valence-corrected chi connectivity index (χ4v) is 5.58. The molecule has 2 aliphatic rings. The number of fused-ring (bicyclic) bond motifs is 1. The summed E-state index contributed by atoms with van der Waals surface area (Å²) in [6, 6.07) is 13.8. The van der Waals surface area contributed by atoms with Gasteiger partial charge in [0.1, 0.15) is 0 Å². The van der Waals surface area contributed by atoms with Gasteiger partial charge in [0.2, 0.25) is 5.91 Å². The van der Waals surface area contributed by atoms with E-state index in [1.807, 2.05) is 28.5 Å². The average Bonchev–Trinajstić information content (AvgIpc) is 3.37. The summed E-state index contributed by atoms with van der Waals surface area (Å²) >= 11 is 1.52. The maximum Gasteiger partial charge on any atom is 0.312 e. The normalized spacial score (nSPS) is 25.5. The second-order valence-electron chi connectivity index (χ2n) is 7.80.